The molecule has 0 saturated carbocycles. The highest BCUT2D eigenvalue weighted by molar-refractivity contribution is 7.22. The minimum absolute atomic E-state index is 0. The smallest absolute Gasteiger partial charge is 0.233 e. The number of carbonyl (C=O) groups is 1. The molecule has 3 aromatic carbocycles. The Morgan fingerprint density at radius 3 is 2.74 bits per heavy atom. The maximum Gasteiger partial charge on any atom is 0.233 e. The van der Waals surface area contributed by atoms with E-state index < -0.39 is 0 Å². The van der Waals surface area contributed by atoms with Crippen LogP contribution in [-0.2, 0) is 16.0 Å². The van der Waals surface area contributed by atoms with Gasteiger partial charge in [0.1, 0.15) is 5.82 Å². The fraction of sp³-hybridized carbons (Fsp3) is 0.308. The van der Waals surface area contributed by atoms with E-state index in [0.29, 0.717) is 23.6 Å². The molecule has 2 heterocycles. The van der Waals surface area contributed by atoms with Crippen LogP contribution in [0.5, 0.6) is 0 Å². The molecule has 1 saturated heterocycles. The molecule has 0 radical (unpaired) electrons. The second-order valence-electron chi connectivity index (χ2n) is 8.28. The average Bonchev–Trinajstić information content (AvgIpc) is 3.25. The molecule has 1 fully saturated rings. The first kappa shape index (κ1) is 24.5. The van der Waals surface area contributed by atoms with Gasteiger partial charge in [0.25, 0.3) is 0 Å². The lowest BCUT2D eigenvalue weighted by molar-refractivity contribution is -0.118. The van der Waals surface area contributed by atoms with Crippen molar-refractivity contribution in [1.82, 2.24) is 9.88 Å². The number of benzene rings is 3. The van der Waals surface area contributed by atoms with Crippen molar-refractivity contribution < 1.29 is 13.9 Å². The molecule has 8 heteroatoms. The molecule has 5 rings (SSSR count). The summed E-state index contributed by atoms with van der Waals surface area (Å²) in [6, 6.07) is 18.8. The molecule has 0 unspecified atom stereocenters. The predicted molar refractivity (Wildman–Crippen MR) is 139 cm³/mol. The zero-order valence-electron chi connectivity index (χ0n) is 18.8. The highest BCUT2D eigenvalue weighted by Crippen LogP contribution is 2.30. The molecule has 0 aliphatic carbocycles. The standard InChI is InChI=1S/C26H26FN3O2S.ClH/c27-21-9-10-23-24(18-21)33-26(28-23)30(12-4-11-29-13-15-32-16-14-29)25(31)17-20-7-3-6-19-5-1-2-8-22(19)20;/h1-3,5-10,18H,4,11-17H2;1H. The molecule has 0 N–H and O–H groups in total. The largest absolute Gasteiger partial charge is 0.379 e. The van der Waals surface area contributed by atoms with Gasteiger partial charge < -0.3 is 4.74 Å². The van der Waals surface area contributed by atoms with Crippen molar-refractivity contribution in [3.05, 3.63) is 72.0 Å². The highest BCUT2D eigenvalue weighted by atomic mass is 35.5. The van der Waals surface area contributed by atoms with Crippen LogP contribution in [0.15, 0.2) is 60.7 Å². The van der Waals surface area contributed by atoms with Gasteiger partial charge in [-0.2, -0.15) is 0 Å². The number of aromatic nitrogens is 1. The van der Waals surface area contributed by atoms with Crippen molar-refractivity contribution in [2.24, 2.45) is 0 Å². The summed E-state index contributed by atoms with van der Waals surface area (Å²) in [5.41, 5.74) is 1.72. The topological polar surface area (TPSA) is 45.7 Å². The maximum absolute atomic E-state index is 13.7. The van der Waals surface area contributed by atoms with Crippen LogP contribution in [0.3, 0.4) is 0 Å². The van der Waals surface area contributed by atoms with Crippen LogP contribution < -0.4 is 4.90 Å². The van der Waals surface area contributed by atoms with Crippen LogP contribution in [0.4, 0.5) is 9.52 Å². The van der Waals surface area contributed by atoms with E-state index in [9.17, 15) is 9.18 Å². The molecule has 34 heavy (non-hydrogen) atoms. The molecule has 5 nitrogen and oxygen atoms in total. The lowest BCUT2D eigenvalue weighted by atomic mass is 10.0. The summed E-state index contributed by atoms with van der Waals surface area (Å²) in [5, 5.41) is 2.84. The molecule has 0 bridgehead atoms. The summed E-state index contributed by atoms with van der Waals surface area (Å²) in [7, 11) is 0. The van der Waals surface area contributed by atoms with Gasteiger partial charge in [-0.1, -0.05) is 53.8 Å². The fourth-order valence-corrected chi connectivity index (χ4v) is 5.34. The second kappa shape index (κ2) is 11.2. The normalized spacial score (nSPS) is 14.3. The number of hydrogen-bond acceptors (Lipinski definition) is 5. The van der Waals surface area contributed by atoms with Gasteiger partial charge in [-0.3, -0.25) is 14.6 Å². The number of halogens is 2. The highest BCUT2D eigenvalue weighted by Gasteiger charge is 2.21. The van der Waals surface area contributed by atoms with Crippen LogP contribution in [0.25, 0.3) is 21.0 Å². The van der Waals surface area contributed by atoms with E-state index in [1.807, 2.05) is 24.3 Å². The molecule has 1 amide bonds. The number of morpholine rings is 1. The Morgan fingerprint density at radius 1 is 1.09 bits per heavy atom. The van der Waals surface area contributed by atoms with Crippen molar-refractivity contribution in [2.45, 2.75) is 12.8 Å². The zero-order valence-corrected chi connectivity index (χ0v) is 20.4. The molecule has 0 atom stereocenters. The minimum atomic E-state index is -0.293. The Balaban J connectivity index is 0.00000274. The van der Waals surface area contributed by atoms with Crippen LogP contribution >= 0.6 is 23.7 Å². The first-order chi connectivity index (χ1) is 16.2. The van der Waals surface area contributed by atoms with Gasteiger partial charge in [0.05, 0.1) is 29.9 Å². The molecule has 0 spiro atoms. The summed E-state index contributed by atoms with van der Waals surface area (Å²) in [6.45, 7) is 4.83. The number of nitrogens with zero attached hydrogens (tertiary/aromatic N) is 3. The number of anilines is 1. The molecular formula is C26H27ClFN3O2S. The van der Waals surface area contributed by atoms with E-state index in [4.69, 9.17) is 4.74 Å². The predicted octanol–water partition coefficient (Wildman–Crippen LogP) is 5.31. The quantitative estimate of drug-likeness (QED) is 0.346. The van der Waals surface area contributed by atoms with E-state index in [1.54, 1.807) is 11.0 Å². The van der Waals surface area contributed by atoms with E-state index in [1.165, 1.54) is 23.5 Å². The number of hydrogen-bond donors (Lipinski definition) is 0. The monoisotopic (exact) mass is 499 g/mol. The first-order valence-corrected chi connectivity index (χ1v) is 12.1. The SMILES string of the molecule is Cl.O=C(Cc1cccc2ccccc12)N(CCCN1CCOCC1)c1nc2ccc(F)cc2s1. The fourth-order valence-electron chi connectivity index (χ4n) is 4.31. The third-order valence-corrected chi connectivity index (χ3v) is 7.09. The van der Waals surface area contributed by atoms with E-state index in [2.05, 4.69) is 28.1 Å². The van der Waals surface area contributed by atoms with Crippen molar-refractivity contribution in [3.63, 3.8) is 0 Å². The Kier molecular flexibility index (Phi) is 8.11. The van der Waals surface area contributed by atoms with E-state index in [0.717, 1.165) is 60.3 Å². The van der Waals surface area contributed by atoms with Crippen LogP contribution in [0.2, 0.25) is 0 Å². The van der Waals surface area contributed by atoms with Crippen molar-refractivity contribution in [1.29, 1.82) is 0 Å². The number of fused-ring (bicyclic) bond motifs is 2. The van der Waals surface area contributed by atoms with Gasteiger partial charge in [0, 0.05) is 26.2 Å². The minimum Gasteiger partial charge on any atom is -0.379 e. The van der Waals surface area contributed by atoms with Gasteiger partial charge in [-0.25, -0.2) is 9.37 Å². The van der Waals surface area contributed by atoms with E-state index >= 15 is 0 Å². The summed E-state index contributed by atoms with van der Waals surface area (Å²) in [5.74, 6) is -0.286. The number of amides is 1. The zero-order chi connectivity index (χ0) is 22.6. The molecule has 1 aliphatic heterocycles. The number of thiazole rings is 1. The Morgan fingerprint density at radius 2 is 1.88 bits per heavy atom. The summed E-state index contributed by atoms with van der Waals surface area (Å²) in [6.07, 6.45) is 1.13. The van der Waals surface area contributed by atoms with Crippen LogP contribution in [0, 0.1) is 5.82 Å². The van der Waals surface area contributed by atoms with Crippen LogP contribution in [0.1, 0.15) is 12.0 Å². The third-order valence-electron chi connectivity index (χ3n) is 6.05. The summed E-state index contributed by atoms with van der Waals surface area (Å²) < 4.78 is 19.9. The van der Waals surface area contributed by atoms with E-state index in [-0.39, 0.29) is 24.1 Å². The van der Waals surface area contributed by atoms with Gasteiger partial charge in [-0.05, 0) is 41.0 Å². The molecule has 178 valence electrons. The van der Waals surface area contributed by atoms with Crippen LogP contribution in [-0.4, -0.2) is 55.2 Å². The number of carbonyl (C=O) groups excluding carboxylic acids is 1. The van der Waals surface area contributed by atoms with Crippen molar-refractivity contribution >= 4 is 55.8 Å². The van der Waals surface area contributed by atoms with Gasteiger partial charge in [-0.15, -0.1) is 12.4 Å². The van der Waals surface area contributed by atoms with Gasteiger partial charge >= 0.3 is 0 Å². The molecular weight excluding hydrogens is 473 g/mol. The Hall–Kier alpha value is -2.58. The second-order valence-corrected chi connectivity index (χ2v) is 9.29. The lowest BCUT2D eigenvalue weighted by Gasteiger charge is -2.27. The maximum atomic E-state index is 13.7. The average molecular weight is 500 g/mol. The summed E-state index contributed by atoms with van der Waals surface area (Å²) in [4.78, 5) is 22.4. The van der Waals surface area contributed by atoms with Crippen molar-refractivity contribution in [2.75, 3.05) is 44.3 Å². The van der Waals surface area contributed by atoms with Crippen molar-refractivity contribution in [3.8, 4) is 0 Å². The third kappa shape index (κ3) is 5.55. The Bertz CT molecular complexity index is 1270. The first-order valence-electron chi connectivity index (χ1n) is 11.3. The van der Waals surface area contributed by atoms with Gasteiger partial charge in [0.15, 0.2) is 5.13 Å². The van der Waals surface area contributed by atoms with Gasteiger partial charge in [0.2, 0.25) is 5.91 Å². The number of rotatable bonds is 7. The molecule has 4 aromatic rings. The Labute approximate surface area is 208 Å². The number of ether oxygens (including phenoxy) is 1. The summed E-state index contributed by atoms with van der Waals surface area (Å²) >= 11 is 1.37. The molecule has 1 aromatic heterocycles. The lowest BCUT2D eigenvalue weighted by Crippen LogP contribution is -2.39. The molecule has 1 aliphatic rings.